The molecule has 0 radical (unpaired) electrons. The molecule has 0 bridgehead atoms. The molecule has 1 aliphatic heterocycles. The minimum absolute atomic E-state index is 0. The second-order valence-electron chi connectivity index (χ2n) is 6.01. The highest BCUT2D eigenvalue weighted by atomic mass is 35.5. The Morgan fingerprint density at radius 3 is 2.44 bits per heavy atom. The second kappa shape index (κ2) is 9.18. The first-order chi connectivity index (χ1) is 12.4. The average molecular weight is 412 g/mol. The van der Waals surface area contributed by atoms with Crippen LogP contribution in [0.2, 0.25) is 0 Å². The molecular formula is C18H22ClN3O4S. The summed E-state index contributed by atoms with van der Waals surface area (Å²) in [5, 5.41) is 2.74. The predicted octanol–water partition coefficient (Wildman–Crippen LogP) is 1.89. The SMILES string of the molecule is Cl.Nc1ccc(CC(=O)Nc2cccc(S(=O)(=O)N3CCOCC3)c2)cc1. The highest BCUT2D eigenvalue weighted by molar-refractivity contribution is 7.89. The maximum absolute atomic E-state index is 12.7. The fourth-order valence-electron chi connectivity index (χ4n) is 2.70. The molecule has 2 aromatic carbocycles. The molecule has 27 heavy (non-hydrogen) atoms. The van der Waals surface area contributed by atoms with Crippen LogP contribution in [0.1, 0.15) is 5.56 Å². The van der Waals surface area contributed by atoms with Crippen LogP contribution in [0.4, 0.5) is 11.4 Å². The smallest absolute Gasteiger partial charge is 0.243 e. The van der Waals surface area contributed by atoms with E-state index in [0.717, 1.165) is 5.56 Å². The monoisotopic (exact) mass is 411 g/mol. The Morgan fingerprint density at radius 2 is 1.78 bits per heavy atom. The zero-order valence-corrected chi connectivity index (χ0v) is 16.3. The van der Waals surface area contributed by atoms with Crippen molar-refractivity contribution in [3.63, 3.8) is 0 Å². The van der Waals surface area contributed by atoms with Gasteiger partial charge in [-0.1, -0.05) is 18.2 Å². The number of nitrogen functional groups attached to an aromatic ring is 1. The second-order valence-corrected chi connectivity index (χ2v) is 7.95. The van der Waals surface area contributed by atoms with E-state index < -0.39 is 10.0 Å². The van der Waals surface area contributed by atoms with Crippen molar-refractivity contribution in [2.24, 2.45) is 0 Å². The number of sulfonamides is 1. The molecule has 146 valence electrons. The molecule has 1 fully saturated rings. The number of carbonyl (C=O) groups is 1. The molecule has 0 aliphatic carbocycles. The lowest BCUT2D eigenvalue weighted by atomic mass is 10.1. The van der Waals surface area contributed by atoms with Gasteiger partial charge in [0.15, 0.2) is 0 Å². The van der Waals surface area contributed by atoms with Gasteiger partial charge in [0.2, 0.25) is 15.9 Å². The maximum Gasteiger partial charge on any atom is 0.243 e. The predicted molar refractivity (Wildman–Crippen MR) is 106 cm³/mol. The number of carbonyl (C=O) groups excluding carboxylic acids is 1. The van der Waals surface area contributed by atoms with Crippen molar-refractivity contribution < 1.29 is 17.9 Å². The van der Waals surface area contributed by atoms with E-state index in [1.807, 2.05) is 0 Å². The minimum atomic E-state index is -3.60. The zero-order chi connectivity index (χ0) is 18.6. The third-order valence-corrected chi connectivity index (χ3v) is 5.96. The number of halogens is 1. The van der Waals surface area contributed by atoms with Crippen LogP contribution >= 0.6 is 12.4 Å². The van der Waals surface area contributed by atoms with E-state index in [1.165, 1.54) is 16.4 Å². The Morgan fingerprint density at radius 1 is 1.11 bits per heavy atom. The molecular weight excluding hydrogens is 390 g/mol. The standard InChI is InChI=1S/C18H21N3O4S.ClH/c19-15-6-4-14(5-7-15)12-18(22)20-16-2-1-3-17(13-16)26(23,24)21-8-10-25-11-9-21;/h1-7,13H,8-12,19H2,(H,20,22);1H. The third kappa shape index (κ3) is 5.43. The average Bonchev–Trinajstić information content (AvgIpc) is 2.64. The molecule has 0 atom stereocenters. The molecule has 0 saturated carbocycles. The number of nitrogens with two attached hydrogens (primary N) is 1. The van der Waals surface area contributed by atoms with Crippen LogP contribution in [-0.4, -0.2) is 44.9 Å². The topological polar surface area (TPSA) is 102 Å². The van der Waals surface area contributed by atoms with Crippen LogP contribution in [0, 0.1) is 0 Å². The number of hydrogen-bond acceptors (Lipinski definition) is 5. The molecule has 0 spiro atoms. The first kappa shape index (κ1) is 21.2. The van der Waals surface area contributed by atoms with E-state index in [2.05, 4.69) is 5.32 Å². The number of benzene rings is 2. The van der Waals surface area contributed by atoms with Crippen molar-refractivity contribution in [2.45, 2.75) is 11.3 Å². The quantitative estimate of drug-likeness (QED) is 0.731. The molecule has 0 aromatic heterocycles. The lowest BCUT2D eigenvalue weighted by molar-refractivity contribution is -0.115. The number of nitrogens with zero attached hydrogens (tertiary/aromatic N) is 1. The number of nitrogens with one attached hydrogen (secondary N) is 1. The molecule has 0 unspecified atom stereocenters. The zero-order valence-electron chi connectivity index (χ0n) is 14.6. The Kier molecular flexibility index (Phi) is 7.20. The molecule has 1 heterocycles. The van der Waals surface area contributed by atoms with Gasteiger partial charge in [-0.05, 0) is 35.9 Å². The fraction of sp³-hybridized carbons (Fsp3) is 0.278. The number of anilines is 2. The summed E-state index contributed by atoms with van der Waals surface area (Å²) in [6.07, 6.45) is 0.181. The van der Waals surface area contributed by atoms with Crippen molar-refractivity contribution in [3.05, 3.63) is 54.1 Å². The van der Waals surface area contributed by atoms with Gasteiger partial charge in [0.1, 0.15) is 0 Å². The Hall–Kier alpha value is -2.13. The Bertz CT molecular complexity index is 882. The van der Waals surface area contributed by atoms with E-state index in [0.29, 0.717) is 37.7 Å². The summed E-state index contributed by atoms with van der Waals surface area (Å²) in [6, 6.07) is 13.3. The number of amides is 1. The van der Waals surface area contributed by atoms with E-state index in [-0.39, 0.29) is 29.6 Å². The fourth-order valence-corrected chi connectivity index (χ4v) is 4.15. The van der Waals surface area contributed by atoms with Gasteiger partial charge in [-0.2, -0.15) is 4.31 Å². The van der Waals surface area contributed by atoms with Gasteiger partial charge in [-0.3, -0.25) is 4.79 Å². The molecule has 9 heteroatoms. The largest absolute Gasteiger partial charge is 0.399 e. The molecule has 1 amide bonds. The summed E-state index contributed by atoms with van der Waals surface area (Å²) >= 11 is 0. The normalized spacial score (nSPS) is 15.0. The minimum Gasteiger partial charge on any atom is -0.399 e. The van der Waals surface area contributed by atoms with Crippen LogP contribution in [0.25, 0.3) is 0 Å². The molecule has 7 nitrogen and oxygen atoms in total. The molecule has 1 aliphatic rings. The van der Waals surface area contributed by atoms with Crippen molar-refractivity contribution in [1.82, 2.24) is 4.31 Å². The van der Waals surface area contributed by atoms with Crippen LogP contribution in [0.5, 0.6) is 0 Å². The van der Waals surface area contributed by atoms with Crippen molar-refractivity contribution in [1.29, 1.82) is 0 Å². The summed E-state index contributed by atoms with van der Waals surface area (Å²) in [6.45, 7) is 1.43. The number of rotatable bonds is 5. The molecule has 2 aromatic rings. The number of ether oxygens (including phenoxy) is 1. The number of morpholine rings is 1. The van der Waals surface area contributed by atoms with Gasteiger partial charge in [0.05, 0.1) is 24.5 Å². The van der Waals surface area contributed by atoms with E-state index >= 15 is 0 Å². The van der Waals surface area contributed by atoms with Crippen LogP contribution in [-0.2, 0) is 26.0 Å². The van der Waals surface area contributed by atoms with Crippen molar-refractivity contribution >= 4 is 39.7 Å². The summed E-state index contributed by atoms with van der Waals surface area (Å²) in [5.74, 6) is -0.226. The first-order valence-corrected chi connectivity index (χ1v) is 9.71. The van der Waals surface area contributed by atoms with Crippen molar-refractivity contribution in [3.8, 4) is 0 Å². The van der Waals surface area contributed by atoms with E-state index in [9.17, 15) is 13.2 Å². The first-order valence-electron chi connectivity index (χ1n) is 8.27. The van der Waals surface area contributed by atoms with Gasteiger partial charge in [-0.25, -0.2) is 8.42 Å². The van der Waals surface area contributed by atoms with E-state index in [1.54, 1.807) is 36.4 Å². The number of hydrogen-bond donors (Lipinski definition) is 2. The van der Waals surface area contributed by atoms with Crippen molar-refractivity contribution in [2.75, 3.05) is 37.4 Å². The molecule has 3 rings (SSSR count). The van der Waals surface area contributed by atoms with Gasteiger partial charge >= 0.3 is 0 Å². The lowest BCUT2D eigenvalue weighted by Crippen LogP contribution is -2.40. The van der Waals surface area contributed by atoms with Gasteiger partial charge in [0, 0.05) is 24.5 Å². The Balaban J connectivity index is 0.00000261. The third-order valence-electron chi connectivity index (χ3n) is 4.07. The van der Waals surface area contributed by atoms with Gasteiger partial charge in [-0.15, -0.1) is 12.4 Å². The van der Waals surface area contributed by atoms with Crippen LogP contribution < -0.4 is 11.1 Å². The lowest BCUT2D eigenvalue weighted by Gasteiger charge is -2.26. The highest BCUT2D eigenvalue weighted by Gasteiger charge is 2.26. The van der Waals surface area contributed by atoms with Gasteiger partial charge in [0.25, 0.3) is 0 Å². The molecule has 1 saturated heterocycles. The summed E-state index contributed by atoms with van der Waals surface area (Å²) in [4.78, 5) is 12.4. The highest BCUT2D eigenvalue weighted by Crippen LogP contribution is 2.20. The van der Waals surface area contributed by atoms with E-state index in [4.69, 9.17) is 10.5 Å². The Labute approximate surface area is 165 Å². The summed E-state index contributed by atoms with van der Waals surface area (Å²) in [7, 11) is -3.60. The van der Waals surface area contributed by atoms with Crippen LogP contribution in [0.15, 0.2) is 53.4 Å². The van der Waals surface area contributed by atoms with Crippen LogP contribution in [0.3, 0.4) is 0 Å². The summed E-state index contributed by atoms with van der Waals surface area (Å²) < 4.78 is 32.0. The summed E-state index contributed by atoms with van der Waals surface area (Å²) in [5.41, 5.74) is 7.54. The maximum atomic E-state index is 12.7. The van der Waals surface area contributed by atoms with Gasteiger partial charge < -0.3 is 15.8 Å². The molecule has 3 N–H and O–H groups in total.